The Morgan fingerprint density at radius 2 is 2.33 bits per heavy atom. The zero-order valence-corrected chi connectivity index (χ0v) is 9.79. The number of fused-ring (bicyclic) bond motifs is 1. The molecule has 3 nitrogen and oxygen atoms in total. The summed E-state index contributed by atoms with van der Waals surface area (Å²) in [6.07, 6.45) is 4.91. The lowest BCUT2D eigenvalue weighted by atomic mass is 9.84. The SMILES string of the molecule is CCn1nc(C)c2c1C(CCN)CCC2. The molecule has 0 aromatic carbocycles. The number of hydrogen-bond acceptors (Lipinski definition) is 2. The minimum absolute atomic E-state index is 0.653. The van der Waals surface area contributed by atoms with Gasteiger partial charge >= 0.3 is 0 Å². The zero-order valence-electron chi connectivity index (χ0n) is 9.79. The predicted octanol–water partition coefficient (Wildman–Crippen LogP) is 1.98. The Kier molecular flexibility index (Phi) is 3.10. The third-order valence-electron chi connectivity index (χ3n) is 3.48. The van der Waals surface area contributed by atoms with Crippen molar-refractivity contribution in [1.82, 2.24) is 9.78 Å². The summed E-state index contributed by atoms with van der Waals surface area (Å²) in [7, 11) is 0. The summed E-state index contributed by atoms with van der Waals surface area (Å²) in [5, 5.41) is 4.62. The first-order chi connectivity index (χ1) is 7.27. The van der Waals surface area contributed by atoms with E-state index in [1.165, 1.54) is 36.2 Å². The second-order valence-electron chi connectivity index (χ2n) is 4.43. The van der Waals surface area contributed by atoms with Crippen LogP contribution in [-0.2, 0) is 13.0 Å². The third-order valence-corrected chi connectivity index (χ3v) is 3.48. The van der Waals surface area contributed by atoms with Crippen molar-refractivity contribution in [2.75, 3.05) is 6.54 Å². The summed E-state index contributed by atoms with van der Waals surface area (Å²) < 4.78 is 2.18. The maximum Gasteiger partial charge on any atom is 0.0628 e. The van der Waals surface area contributed by atoms with Gasteiger partial charge in [0.05, 0.1) is 5.69 Å². The van der Waals surface area contributed by atoms with E-state index in [2.05, 4.69) is 23.6 Å². The minimum atomic E-state index is 0.653. The second-order valence-corrected chi connectivity index (χ2v) is 4.43. The van der Waals surface area contributed by atoms with E-state index in [1.807, 2.05) is 0 Å². The maximum atomic E-state index is 5.69. The third kappa shape index (κ3) is 1.81. The lowest BCUT2D eigenvalue weighted by Gasteiger charge is -2.23. The molecule has 1 aromatic heterocycles. The summed E-state index contributed by atoms with van der Waals surface area (Å²) in [6, 6.07) is 0. The van der Waals surface area contributed by atoms with E-state index in [4.69, 9.17) is 5.73 Å². The summed E-state index contributed by atoms with van der Waals surface area (Å²) in [5.74, 6) is 0.653. The van der Waals surface area contributed by atoms with E-state index in [9.17, 15) is 0 Å². The van der Waals surface area contributed by atoms with Crippen LogP contribution in [0.15, 0.2) is 0 Å². The van der Waals surface area contributed by atoms with E-state index < -0.39 is 0 Å². The monoisotopic (exact) mass is 207 g/mol. The predicted molar refractivity (Wildman–Crippen MR) is 62.0 cm³/mol. The van der Waals surface area contributed by atoms with Crippen molar-refractivity contribution in [2.45, 2.75) is 52.0 Å². The molecule has 2 N–H and O–H groups in total. The maximum absolute atomic E-state index is 5.69. The number of aromatic nitrogens is 2. The topological polar surface area (TPSA) is 43.8 Å². The molecule has 1 aromatic rings. The van der Waals surface area contributed by atoms with Gasteiger partial charge in [-0.05, 0) is 51.6 Å². The van der Waals surface area contributed by atoms with Crippen LogP contribution in [0.25, 0.3) is 0 Å². The van der Waals surface area contributed by atoms with Crippen molar-refractivity contribution < 1.29 is 0 Å². The molecule has 15 heavy (non-hydrogen) atoms. The molecule has 0 saturated carbocycles. The summed E-state index contributed by atoms with van der Waals surface area (Å²) in [6.45, 7) is 6.08. The summed E-state index contributed by atoms with van der Waals surface area (Å²) in [5.41, 5.74) is 9.90. The van der Waals surface area contributed by atoms with Crippen molar-refractivity contribution >= 4 is 0 Å². The lowest BCUT2D eigenvalue weighted by Crippen LogP contribution is -2.17. The van der Waals surface area contributed by atoms with Crippen LogP contribution >= 0.6 is 0 Å². The fraction of sp³-hybridized carbons (Fsp3) is 0.750. The first-order valence-electron chi connectivity index (χ1n) is 6.04. The number of nitrogens with two attached hydrogens (primary N) is 1. The average Bonchev–Trinajstić information content (AvgIpc) is 2.58. The van der Waals surface area contributed by atoms with Crippen molar-refractivity contribution in [2.24, 2.45) is 5.73 Å². The molecule has 1 unspecified atom stereocenters. The zero-order chi connectivity index (χ0) is 10.8. The smallest absolute Gasteiger partial charge is 0.0628 e. The van der Waals surface area contributed by atoms with Crippen molar-refractivity contribution in [3.05, 3.63) is 17.0 Å². The van der Waals surface area contributed by atoms with Crippen molar-refractivity contribution in [3.63, 3.8) is 0 Å². The summed E-state index contributed by atoms with van der Waals surface area (Å²) in [4.78, 5) is 0. The van der Waals surface area contributed by atoms with Crippen LogP contribution in [0.2, 0.25) is 0 Å². The molecular weight excluding hydrogens is 186 g/mol. The molecule has 0 saturated heterocycles. The fourth-order valence-electron chi connectivity index (χ4n) is 2.79. The Hall–Kier alpha value is -0.830. The molecule has 3 heteroatoms. The molecule has 0 bridgehead atoms. The van der Waals surface area contributed by atoms with Crippen molar-refractivity contribution in [3.8, 4) is 0 Å². The van der Waals surface area contributed by atoms with E-state index in [0.29, 0.717) is 5.92 Å². The van der Waals surface area contributed by atoms with Gasteiger partial charge in [-0.3, -0.25) is 4.68 Å². The Bertz CT molecular complexity index is 341. The first-order valence-corrected chi connectivity index (χ1v) is 6.04. The van der Waals surface area contributed by atoms with Crippen LogP contribution in [0.5, 0.6) is 0 Å². The quantitative estimate of drug-likeness (QED) is 0.823. The number of hydrogen-bond donors (Lipinski definition) is 1. The van der Waals surface area contributed by atoms with Gasteiger partial charge in [-0.1, -0.05) is 0 Å². The van der Waals surface area contributed by atoms with E-state index in [-0.39, 0.29) is 0 Å². The molecule has 1 atom stereocenters. The highest BCUT2D eigenvalue weighted by molar-refractivity contribution is 5.31. The van der Waals surface area contributed by atoms with Gasteiger partial charge in [0.1, 0.15) is 0 Å². The number of aryl methyl sites for hydroxylation is 2. The van der Waals surface area contributed by atoms with E-state index in [1.54, 1.807) is 0 Å². The first kappa shape index (κ1) is 10.7. The average molecular weight is 207 g/mol. The van der Waals surface area contributed by atoms with Crippen LogP contribution in [-0.4, -0.2) is 16.3 Å². The highest BCUT2D eigenvalue weighted by Crippen LogP contribution is 2.35. The van der Waals surface area contributed by atoms with E-state index in [0.717, 1.165) is 19.5 Å². The molecule has 1 heterocycles. The molecule has 2 rings (SSSR count). The lowest BCUT2D eigenvalue weighted by molar-refractivity contribution is 0.476. The normalized spacial score (nSPS) is 20.3. The van der Waals surface area contributed by atoms with Gasteiger partial charge in [-0.25, -0.2) is 0 Å². The minimum Gasteiger partial charge on any atom is -0.330 e. The van der Waals surface area contributed by atoms with Gasteiger partial charge in [-0.15, -0.1) is 0 Å². The van der Waals surface area contributed by atoms with E-state index >= 15 is 0 Å². The molecule has 1 aliphatic carbocycles. The second kappa shape index (κ2) is 4.35. The molecule has 0 spiro atoms. The Morgan fingerprint density at radius 1 is 1.53 bits per heavy atom. The van der Waals surface area contributed by atoms with Crippen molar-refractivity contribution in [1.29, 1.82) is 0 Å². The Labute approximate surface area is 91.7 Å². The van der Waals surface area contributed by atoms with Gasteiger partial charge in [0.2, 0.25) is 0 Å². The van der Waals surface area contributed by atoms with Crippen LogP contribution in [0, 0.1) is 6.92 Å². The molecule has 0 amide bonds. The van der Waals surface area contributed by atoms with Crippen LogP contribution < -0.4 is 5.73 Å². The molecular formula is C12H21N3. The van der Waals surface area contributed by atoms with Crippen LogP contribution in [0.4, 0.5) is 0 Å². The number of nitrogens with zero attached hydrogens (tertiary/aromatic N) is 2. The molecule has 0 radical (unpaired) electrons. The fourth-order valence-corrected chi connectivity index (χ4v) is 2.79. The van der Waals surface area contributed by atoms with Gasteiger partial charge in [-0.2, -0.15) is 5.10 Å². The van der Waals surface area contributed by atoms with Crippen LogP contribution in [0.3, 0.4) is 0 Å². The number of rotatable bonds is 3. The largest absolute Gasteiger partial charge is 0.330 e. The van der Waals surface area contributed by atoms with Gasteiger partial charge in [0.25, 0.3) is 0 Å². The van der Waals surface area contributed by atoms with Gasteiger partial charge < -0.3 is 5.73 Å². The Morgan fingerprint density at radius 3 is 3.00 bits per heavy atom. The van der Waals surface area contributed by atoms with Gasteiger partial charge in [0, 0.05) is 18.2 Å². The molecule has 0 fully saturated rings. The summed E-state index contributed by atoms with van der Waals surface area (Å²) >= 11 is 0. The molecule has 1 aliphatic rings. The van der Waals surface area contributed by atoms with Crippen LogP contribution in [0.1, 0.15) is 49.1 Å². The highest BCUT2D eigenvalue weighted by Gasteiger charge is 2.25. The standard InChI is InChI=1S/C12H21N3/c1-3-15-12-10(7-8-13)5-4-6-11(12)9(2)14-15/h10H,3-8,13H2,1-2H3. The Balaban J connectivity index is 2.39. The highest BCUT2D eigenvalue weighted by atomic mass is 15.3. The molecule has 84 valence electrons. The molecule has 0 aliphatic heterocycles. The van der Waals surface area contributed by atoms with Gasteiger partial charge in [0.15, 0.2) is 0 Å².